The van der Waals surface area contributed by atoms with E-state index in [1.165, 1.54) is 18.2 Å². The lowest BCUT2D eigenvalue weighted by Crippen LogP contribution is -2.40. The molecule has 0 bridgehead atoms. The normalized spacial score (nSPS) is 13.0. The van der Waals surface area contributed by atoms with Crippen molar-refractivity contribution in [1.29, 1.82) is 0 Å². The maximum Gasteiger partial charge on any atom is 0.270 e. The van der Waals surface area contributed by atoms with Crippen molar-refractivity contribution in [2.45, 2.75) is 19.0 Å². The molecule has 2 N–H and O–H groups in total. The van der Waals surface area contributed by atoms with Crippen molar-refractivity contribution in [2.75, 3.05) is 19.0 Å². The van der Waals surface area contributed by atoms with Gasteiger partial charge in [0, 0.05) is 29.8 Å². The van der Waals surface area contributed by atoms with Crippen LogP contribution >= 0.6 is 15.9 Å². The average Bonchev–Trinajstić information content (AvgIpc) is 2.62. The summed E-state index contributed by atoms with van der Waals surface area (Å²) < 4.78 is 5.57. The lowest BCUT2D eigenvalue weighted by molar-refractivity contribution is -0.384. The third kappa shape index (κ3) is 5.35. The molecule has 2 aromatic carbocycles. The largest absolute Gasteiger partial charge is 0.383 e. The first-order valence-electron chi connectivity index (χ1n) is 7.97. The molecule has 2 atom stereocenters. The topological polar surface area (TPSA) is 93.5 Å². The number of anilines is 1. The van der Waals surface area contributed by atoms with Crippen LogP contribution in [0.5, 0.6) is 0 Å². The number of benzene rings is 2. The zero-order valence-electron chi connectivity index (χ0n) is 14.4. The van der Waals surface area contributed by atoms with E-state index in [4.69, 9.17) is 4.74 Å². The SMILES string of the molecule is COC[C@H](C)N[C@@H](C(=O)Nc1ccc([N+](=O)[O-])cc1Br)c1ccccc1. The van der Waals surface area contributed by atoms with Gasteiger partial charge in [0.15, 0.2) is 0 Å². The number of non-ortho nitro benzene ring substituents is 1. The molecule has 0 aromatic heterocycles. The van der Waals surface area contributed by atoms with Gasteiger partial charge in [-0.15, -0.1) is 0 Å². The maximum absolute atomic E-state index is 12.9. The van der Waals surface area contributed by atoms with Gasteiger partial charge in [0.1, 0.15) is 6.04 Å². The molecule has 2 rings (SSSR count). The molecule has 0 spiro atoms. The van der Waals surface area contributed by atoms with Crippen LogP contribution in [0.3, 0.4) is 0 Å². The molecule has 2 aromatic rings. The van der Waals surface area contributed by atoms with Crippen LogP contribution in [0.2, 0.25) is 0 Å². The zero-order chi connectivity index (χ0) is 19.1. The van der Waals surface area contributed by atoms with E-state index in [0.717, 1.165) is 5.56 Å². The van der Waals surface area contributed by atoms with Gasteiger partial charge in [-0.2, -0.15) is 0 Å². The average molecular weight is 422 g/mol. The lowest BCUT2D eigenvalue weighted by atomic mass is 10.0. The highest BCUT2D eigenvalue weighted by Crippen LogP contribution is 2.28. The number of halogens is 1. The molecule has 0 aliphatic carbocycles. The summed E-state index contributed by atoms with van der Waals surface area (Å²) in [4.78, 5) is 23.2. The molecular weight excluding hydrogens is 402 g/mol. The van der Waals surface area contributed by atoms with E-state index < -0.39 is 11.0 Å². The lowest BCUT2D eigenvalue weighted by Gasteiger charge is -2.23. The van der Waals surface area contributed by atoms with Gasteiger partial charge in [-0.3, -0.25) is 20.2 Å². The summed E-state index contributed by atoms with van der Waals surface area (Å²) in [5.41, 5.74) is 1.22. The predicted molar refractivity (Wildman–Crippen MR) is 103 cm³/mol. The summed E-state index contributed by atoms with van der Waals surface area (Å²) in [6.07, 6.45) is 0. The van der Waals surface area contributed by atoms with Gasteiger partial charge in [0.2, 0.25) is 5.91 Å². The van der Waals surface area contributed by atoms with E-state index >= 15 is 0 Å². The molecule has 0 aliphatic heterocycles. The van der Waals surface area contributed by atoms with Gasteiger partial charge in [0.05, 0.1) is 17.2 Å². The first-order chi connectivity index (χ1) is 12.4. The fourth-order valence-electron chi connectivity index (χ4n) is 2.48. The van der Waals surface area contributed by atoms with E-state index in [9.17, 15) is 14.9 Å². The quantitative estimate of drug-likeness (QED) is 0.500. The Morgan fingerprint density at radius 3 is 2.54 bits per heavy atom. The second kappa shape index (κ2) is 9.42. The molecule has 0 aliphatic rings. The van der Waals surface area contributed by atoms with Crippen LogP contribution in [0.4, 0.5) is 11.4 Å². The number of ether oxygens (including phenoxy) is 1. The number of carbonyl (C=O) groups excluding carboxylic acids is 1. The molecule has 138 valence electrons. The van der Waals surface area contributed by atoms with Crippen LogP contribution in [-0.2, 0) is 9.53 Å². The summed E-state index contributed by atoms with van der Waals surface area (Å²) in [6.45, 7) is 2.38. The third-order valence-corrected chi connectivity index (χ3v) is 4.34. The van der Waals surface area contributed by atoms with Crippen molar-refractivity contribution >= 4 is 33.2 Å². The Morgan fingerprint density at radius 2 is 1.96 bits per heavy atom. The number of methoxy groups -OCH3 is 1. The van der Waals surface area contributed by atoms with Crippen molar-refractivity contribution in [1.82, 2.24) is 5.32 Å². The Labute approximate surface area is 160 Å². The minimum absolute atomic E-state index is 0.0451. The molecule has 1 amide bonds. The minimum Gasteiger partial charge on any atom is -0.383 e. The number of rotatable bonds is 8. The molecule has 0 saturated carbocycles. The predicted octanol–water partition coefficient (Wildman–Crippen LogP) is 3.66. The van der Waals surface area contributed by atoms with Gasteiger partial charge in [-0.1, -0.05) is 30.3 Å². The molecule has 0 heterocycles. The Balaban J connectivity index is 2.22. The van der Waals surface area contributed by atoms with Crippen molar-refractivity contribution in [2.24, 2.45) is 0 Å². The Kier molecular flexibility index (Phi) is 7.26. The van der Waals surface area contributed by atoms with Crippen molar-refractivity contribution < 1.29 is 14.5 Å². The number of amides is 1. The maximum atomic E-state index is 12.9. The number of nitrogens with one attached hydrogen (secondary N) is 2. The molecular formula is C18H20BrN3O4. The van der Waals surface area contributed by atoms with Crippen LogP contribution in [0.25, 0.3) is 0 Å². The van der Waals surface area contributed by atoms with E-state index in [2.05, 4.69) is 26.6 Å². The third-order valence-electron chi connectivity index (χ3n) is 3.68. The number of nitrogens with zero attached hydrogens (tertiary/aromatic N) is 1. The van der Waals surface area contributed by atoms with E-state index in [0.29, 0.717) is 16.8 Å². The van der Waals surface area contributed by atoms with Crippen LogP contribution in [0.1, 0.15) is 18.5 Å². The van der Waals surface area contributed by atoms with Crippen LogP contribution in [-0.4, -0.2) is 30.6 Å². The molecule has 8 heteroatoms. The van der Waals surface area contributed by atoms with Crippen LogP contribution in [0.15, 0.2) is 53.0 Å². The van der Waals surface area contributed by atoms with Gasteiger partial charge in [0.25, 0.3) is 5.69 Å². The Hall–Kier alpha value is -2.29. The number of nitro groups is 1. The molecule has 0 unspecified atom stereocenters. The van der Waals surface area contributed by atoms with Gasteiger partial charge in [-0.05, 0) is 34.5 Å². The summed E-state index contributed by atoms with van der Waals surface area (Å²) in [7, 11) is 1.60. The minimum atomic E-state index is -0.594. The second-order valence-electron chi connectivity index (χ2n) is 5.78. The number of nitro benzene ring substituents is 1. The fourth-order valence-corrected chi connectivity index (χ4v) is 2.94. The summed E-state index contributed by atoms with van der Waals surface area (Å²) in [5.74, 6) is -0.270. The second-order valence-corrected chi connectivity index (χ2v) is 6.63. The number of carbonyl (C=O) groups is 1. The summed E-state index contributed by atoms with van der Waals surface area (Å²) in [5, 5.41) is 16.9. The fraction of sp³-hybridized carbons (Fsp3) is 0.278. The number of hydrogen-bond donors (Lipinski definition) is 2. The van der Waals surface area contributed by atoms with E-state index in [1.807, 2.05) is 37.3 Å². The summed E-state index contributed by atoms with van der Waals surface area (Å²) in [6, 6.07) is 12.9. The van der Waals surface area contributed by atoms with Gasteiger partial charge >= 0.3 is 0 Å². The highest BCUT2D eigenvalue weighted by atomic mass is 79.9. The van der Waals surface area contributed by atoms with Gasteiger partial charge in [-0.25, -0.2) is 0 Å². The summed E-state index contributed by atoms with van der Waals surface area (Å²) >= 11 is 3.27. The van der Waals surface area contributed by atoms with Crippen molar-refractivity contribution in [3.05, 3.63) is 68.7 Å². The first kappa shape index (κ1) is 20.0. The Bertz CT molecular complexity index is 770. The smallest absolute Gasteiger partial charge is 0.270 e. The van der Waals surface area contributed by atoms with Crippen LogP contribution in [0, 0.1) is 10.1 Å². The molecule has 26 heavy (non-hydrogen) atoms. The molecule has 0 saturated heterocycles. The van der Waals surface area contributed by atoms with Gasteiger partial charge < -0.3 is 10.1 Å². The molecule has 0 radical (unpaired) electrons. The molecule has 0 fully saturated rings. The molecule has 7 nitrogen and oxygen atoms in total. The first-order valence-corrected chi connectivity index (χ1v) is 8.76. The van der Waals surface area contributed by atoms with Crippen LogP contribution < -0.4 is 10.6 Å². The standard InChI is InChI=1S/C18H20BrN3O4/c1-12(11-26-2)20-17(13-6-4-3-5-7-13)18(23)21-16-9-8-14(22(24)25)10-15(16)19/h3-10,12,17,20H,11H2,1-2H3,(H,21,23)/t12-,17+/m0/s1. The van der Waals surface area contributed by atoms with Crippen molar-refractivity contribution in [3.8, 4) is 0 Å². The monoisotopic (exact) mass is 421 g/mol. The van der Waals surface area contributed by atoms with E-state index in [-0.39, 0.29) is 17.6 Å². The zero-order valence-corrected chi connectivity index (χ0v) is 16.0. The van der Waals surface area contributed by atoms with Crippen molar-refractivity contribution in [3.63, 3.8) is 0 Å². The highest BCUT2D eigenvalue weighted by Gasteiger charge is 2.23. The highest BCUT2D eigenvalue weighted by molar-refractivity contribution is 9.10. The Morgan fingerprint density at radius 1 is 1.27 bits per heavy atom. The van der Waals surface area contributed by atoms with E-state index in [1.54, 1.807) is 7.11 Å². The number of hydrogen-bond acceptors (Lipinski definition) is 5.